The van der Waals surface area contributed by atoms with E-state index in [9.17, 15) is 4.79 Å². The van der Waals surface area contributed by atoms with Crippen LogP contribution in [0.1, 0.15) is 18.4 Å². The van der Waals surface area contributed by atoms with Crippen LogP contribution in [-0.4, -0.2) is 32.7 Å². The Balaban J connectivity index is 0.00000220. The van der Waals surface area contributed by atoms with Crippen molar-refractivity contribution in [1.29, 1.82) is 0 Å². The molecule has 0 aromatic heterocycles. The summed E-state index contributed by atoms with van der Waals surface area (Å²) in [5.74, 6) is 0.0146. The van der Waals surface area contributed by atoms with Gasteiger partial charge >= 0.3 is 0 Å². The van der Waals surface area contributed by atoms with E-state index in [0.29, 0.717) is 11.6 Å². The number of hydrogen-bond donors (Lipinski definition) is 2. The van der Waals surface area contributed by atoms with Gasteiger partial charge in [0.25, 0.3) is 0 Å². The lowest BCUT2D eigenvalue weighted by atomic mass is 9.78. The highest BCUT2D eigenvalue weighted by Crippen LogP contribution is 2.31. The summed E-state index contributed by atoms with van der Waals surface area (Å²) in [6.45, 7) is 4.06. The van der Waals surface area contributed by atoms with E-state index in [0.717, 1.165) is 37.2 Å². The number of anilines is 1. The number of carbonyl (C=O) groups is 1. The third kappa shape index (κ3) is 4.33. The Bertz CT molecular complexity index is 483. The molecule has 2 N–H and O–H groups in total. The number of rotatable bonds is 4. The highest BCUT2D eigenvalue weighted by molar-refractivity contribution is 6.31. The van der Waals surface area contributed by atoms with E-state index >= 15 is 0 Å². The Hall–Kier alpha value is -0.810. The van der Waals surface area contributed by atoms with Crippen LogP contribution in [0.5, 0.6) is 0 Å². The molecule has 1 amide bonds. The van der Waals surface area contributed by atoms with Crippen molar-refractivity contribution in [3.05, 3.63) is 28.8 Å². The molecule has 0 radical (unpaired) electrons. The van der Waals surface area contributed by atoms with Crippen molar-refractivity contribution in [1.82, 2.24) is 5.32 Å². The molecule has 1 saturated heterocycles. The summed E-state index contributed by atoms with van der Waals surface area (Å²) in [6.07, 6.45) is 1.57. The van der Waals surface area contributed by atoms with Crippen LogP contribution in [0, 0.1) is 12.3 Å². The number of methoxy groups -OCH3 is 1. The summed E-state index contributed by atoms with van der Waals surface area (Å²) >= 11 is 6.09. The highest BCUT2D eigenvalue weighted by atomic mass is 35.5. The lowest BCUT2D eigenvalue weighted by Crippen LogP contribution is -2.47. The second kappa shape index (κ2) is 7.99. The molecule has 1 aromatic carbocycles. The van der Waals surface area contributed by atoms with Gasteiger partial charge in [0, 0.05) is 17.8 Å². The molecule has 1 aliphatic heterocycles. The first-order chi connectivity index (χ1) is 9.57. The predicted octanol–water partition coefficient (Wildman–Crippen LogP) is 3.02. The normalized spacial score (nSPS) is 16.9. The molecule has 0 aliphatic carbocycles. The summed E-state index contributed by atoms with van der Waals surface area (Å²) in [5.41, 5.74) is 1.29. The molecule has 1 aromatic rings. The molecule has 0 spiro atoms. The van der Waals surface area contributed by atoms with Crippen LogP contribution in [0.3, 0.4) is 0 Å². The molecule has 0 atom stereocenters. The molecule has 1 heterocycles. The fourth-order valence-corrected chi connectivity index (χ4v) is 2.73. The van der Waals surface area contributed by atoms with Crippen molar-refractivity contribution in [2.24, 2.45) is 5.41 Å². The number of amides is 1. The number of carbonyl (C=O) groups excluding carboxylic acids is 1. The van der Waals surface area contributed by atoms with Crippen LogP contribution in [0.15, 0.2) is 18.2 Å². The molecule has 21 heavy (non-hydrogen) atoms. The van der Waals surface area contributed by atoms with Gasteiger partial charge in [0.1, 0.15) is 0 Å². The van der Waals surface area contributed by atoms with Crippen molar-refractivity contribution >= 4 is 35.6 Å². The smallest absolute Gasteiger partial charge is 0.233 e. The predicted molar refractivity (Wildman–Crippen MR) is 88.5 cm³/mol. The number of hydrogen-bond acceptors (Lipinski definition) is 3. The summed E-state index contributed by atoms with van der Waals surface area (Å²) < 4.78 is 5.27. The molecule has 6 heteroatoms. The van der Waals surface area contributed by atoms with Crippen molar-refractivity contribution in [3.63, 3.8) is 0 Å². The second-order valence-corrected chi connectivity index (χ2v) is 5.79. The van der Waals surface area contributed by atoms with E-state index in [2.05, 4.69) is 10.6 Å². The van der Waals surface area contributed by atoms with E-state index in [-0.39, 0.29) is 18.3 Å². The molecule has 0 saturated carbocycles. The average Bonchev–Trinajstić information content (AvgIpc) is 2.44. The van der Waals surface area contributed by atoms with Crippen LogP contribution in [-0.2, 0) is 9.53 Å². The lowest BCUT2D eigenvalue weighted by molar-refractivity contribution is -0.130. The quantitative estimate of drug-likeness (QED) is 0.891. The van der Waals surface area contributed by atoms with Gasteiger partial charge in [-0.15, -0.1) is 12.4 Å². The first-order valence-corrected chi connectivity index (χ1v) is 7.22. The molecular formula is C15H22Cl2N2O2. The number of ether oxygens (including phenoxy) is 1. The minimum atomic E-state index is -0.447. The Kier molecular flexibility index (Phi) is 6.94. The molecule has 1 fully saturated rings. The highest BCUT2D eigenvalue weighted by Gasteiger charge is 2.39. The molecule has 1 aliphatic rings. The maximum atomic E-state index is 12.6. The number of halogens is 2. The van der Waals surface area contributed by atoms with Crippen molar-refractivity contribution in [3.8, 4) is 0 Å². The molecular weight excluding hydrogens is 311 g/mol. The van der Waals surface area contributed by atoms with Gasteiger partial charge in [0.15, 0.2) is 0 Å². The van der Waals surface area contributed by atoms with Crippen molar-refractivity contribution in [2.45, 2.75) is 19.8 Å². The number of benzene rings is 1. The summed E-state index contributed by atoms with van der Waals surface area (Å²) in [7, 11) is 1.64. The van der Waals surface area contributed by atoms with Gasteiger partial charge in [-0.2, -0.15) is 0 Å². The minimum absolute atomic E-state index is 0. The third-order valence-electron chi connectivity index (χ3n) is 3.89. The van der Waals surface area contributed by atoms with Crippen LogP contribution in [0.4, 0.5) is 5.69 Å². The Morgan fingerprint density at radius 2 is 2.10 bits per heavy atom. The van der Waals surface area contributed by atoms with E-state index in [1.807, 2.05) is 19.1 Å². The van der Waals surface area contributed by atoms with Gasteiger partial charge in [-0.3, -0.25) is 4.79 Å². The maximum Gasteiger partial charge on any atom is 0.233 e. The SMILES string of the molecule is COCC1(C(=O)Nc2ccc(C)c(Cl)c2)CCNCC1.Cl. The fraction of sp³-hybridized carbons (Fsp3) is 0.533. The van der Waals surface area contributed by atoms with Crippen LogP contribution >= 0.6 is 24.0 Å². The van der Waals surface area contributed by atoms with Gasteiger partial charge in [0.2, 0.25) is 5.91 Å². The molecule has 0 unspecified atom stereocenters. The van der Waals surface area contributed by atoms with E-state index in [1.54, 1.807) is 13.2 Å². The third-order valence-corrected chi connectivity index (χ3v) is 4.30. The Morgan fingerprint density at radius 3 is 2.67 bits per heavy atom. The zero-order valence-electron chi connectivity index (χ0n) is 12.4. The Morgan fingerprint density at radius 1 is 1.43 bits per heavy atom. The van der Waals surface area contributed by atoms with Crippen molar-refractivity contribution < 1.29 is 9.53 Å². The maximum absolute atomic E-state index is 12.6. The van der Waals surface area contributed by atoms with Gasteiger partial charge in [-0.25, -0.2) is 0 Å². The largest absolute Gasteiger partial charge is 0.384 e. The van der Waals surface area contributed by atoms with Gasteiger partial charge in [0.05, 0.1) is 12.0 Å². The second-order valence-electron chi connectivity index (χ2n) is 5.38. The summed E-state index contributed by atoms with van der Waals surface area (Å²) in [4.78, 5) is 12.6. The Labute approximate surface area is 137 Å². The van der Waals surface area contributed by atoms with Crippen LogP contribution in [0.25, 0.3) is 0 Å². The van der Waals surface area contributed by atoms with E-state index < -0.39 is 5.41 Å². The zero-order valence-corrected chi connectivity index (χ0v) is 13.9. The van der Waals surface area contributed by atoms with E-state index in [4.69, 9.17) is 16.3 Å². The van der Waals surface area contributed by atoms with Crippen LogP contribution in [0.2, 0.25) is 5.02 Å². The average molecular weight is 333 g/mol. The minimum Gasteiger partial charge on any atom is -0.384 e. The first-order valence-electron chi connectivity index (χ1n) is 6.85. The van der Waals surface area contributed by atoms with Gasteiger partial charge < -0.3 is 15.4 Å². The number of aryl methyl sites for hydroxylation is 1. The summed E-state index contributed by atoms with van der Waals surface area (Å²) in [6, 6.07) is 5.57. The first kappa shape index (κ1) is 18.2. The molecule has 4 nitrogen and oxygen atoms in total. The van der Waals surface area contributed by atoms with Crippen LogP contribution < -0.4 is 10.6 Å². The molecule has 0 bridgehead atoms. The lowest BCUT2D eigenvalue weighted by Gasteiger charge is -2.35. The standard InChI is InChI=1S/C15H21ClN2O2.ClH/c1-11-3-4-12(9-13(11)16)18-14(19)15(10-20-2)5-7-17-8-6-15;/h3-4,9,17H,5-8,10H2,1-2H3,(H,18,19);1H. The topological polar surface area (TPSA) is 50.4 Å². The number of piperidine rings is 1. The molecule has 2 rings (SSSR count). The van der Waals surface area contributed by atoms with E-state index in [1.165, 1.54) is 0 Å². The van der Waals surface area contributed by atoms with Gasteiger partial charge in [-0.05, 0) is 50.6 Å². The monoisotopic (exact) mass is 332 g/mol. The fourth-order valence-electron chi connectivity index (χ4n) is 2.55. The number of nitrogens with one attached hydrogen (secondary N) is 2. The summed E-state index contributed by atoms with van der Waals surface area (Å²) in [5, 5.41) is 6.91. The van der Waals surface area contributed by atoms with Crippen molar-refractivity contribution in [2.75, 3.05) is 32.1 Å². The molecule has 118 valence electrons. The zero-order chi connectivity index (χ0) is 14.6. The van der Waals surface area contributed by atoms with Gasteiger partial charge in [-0.1, -0.05) is 17.7 Å².